The highest BCUT2D eigenvalue weighted by Gasteiger charge is 2.26. The van der Waals surface area contributed by atoms with E-state index in [1.165, 1.54) is 25.7 Å². The average molecular weight is 167 g/mol. The first-order chi connectivity index (χ1) is 5.77. The summed E-state index contributed by atoms with van der Waals surface area (Å²) in [6.07, 6.45) is 8.35. The molecule has 1 heteroatoms. The first-order valence-electron chi connectivity index (χ1n) is 5.14. The molecule has 70 valence electrons. The van der Waals surface area contributed by atoms with Crippen LogP contribution < -0.4 is 5.73 Å². The van der Waals surface area contributed by atoms with E-state index in [9.17, 15) is 0 Å². The van der Waals surface area contributed by atoms with Gasteiger partial charge in [0, 0.05) is 6.04 Å². The van der Waals surface area contributed by atoms with Crippen LogP contribution in [0.15, 0.2) is 12.7 Å². The maximum Gasteiger partial charge on any atom is 0.0102 e. The second kappa shape index (κ2) is 4.66. The third-order valence-corrected chi connectivity index (χ3v) is 3.20. The summed E-state index contributed by atoms with van der Waals surface area (Å²) in [4.78, 5) is 0. The molecule has 2 N–H and O–H groups in total. The van der Waals surface area contributed by atoms with Gasteiger partial charge in [-0.2, -0.15) is 0 Å². The van der Waals surface area contributed by atoms with Crippen molar-refractivity contribution in [3.8, 4) is 0 Å². The number of nitrogens with two attached hydrogens (primary N) is 1. The molecule has 1 aliphatic rings. The van der Waals surface area contributed by atoms with Gasteiger partial charge in [-0.1, -0.05) is 25.8 Å². The lowest BCUT2D eigenvalue weighted by atomic mass is 9.94. The summed E-state index contributed by atoms with van der Waals surface area (Å²) in [5.74, 6) is 1.72. The van der Waals surface area contributed by atoms with E-state index >= 15 is 0 Å². The van der Waals surface area contributed by atoms with E-state index < -0.39 is 0 Å². The molecule has 0 spiro atoms. The summed E-state index contributed by atoms with van der Waals surface area (Å²) in [6, 6.07) is 0.374. The molecule has 1 rings (SSSR count). The molecule has 1 fully saturated rings. The number of hydrogen-bond donors (Lipinski definition) is 1. The van der Waals surface area contributed by atoms with Crippen molar-refractivity contribution < 1.29 is 0 Å². The van der Waals surface area contributed by atoms with Crippen LogP contribution in [0.25, 0.3) is 0 Å². The van der Waals surface area contributed by atoms with Gasteiger partial charge in [0.05, 0.1) is 0 Å². The quantitative estimate of drug-likeness (QED) is 0.640. The standard InChI is InChI=1S/C11H21N/c1-3-5-11(12)10-7-6-9(4-2)8-10/h3,9-11H,1,4-8,12H2,2H3. The minimum atomic E-state index is 0.374. The molecule has 0 aromatic heterocycles. The molecule has 0 aliphatic heterocycles. The summed E-state index contributed by atoms with van der Waals surface area (Å²) in [5, 5.41) is 0. The molecule has 0 radical (unpaired) electrons. The van der Waals surface area contributed by atoms with Crippen LogP contribution >= 0.6 is 0 Å². The lowest BCUT2D eigenvalue weighted by molar-refractivity contribution is 0.409. The van der Waals surface area contributed by atoms with Gasteiger partial charge in [-0.25, -0.2) is 0 Å². The maximum atomic E-state index is 6.04. The smallest absolute Gasteiger partial charge is 0.0102 e. The van der Waals surface area contributed by atoms with Crippen molar-refractivity contribution in [2.75, 3.05) is 0 Å². The number of hydrogen-bond acceptors (Lipinski definition) is 1. The Balaban J connectivity index is 2.30. The van der Waals surface area contributed by atoms with E-state index in [0.29, 0.717) is 6.04 Å². The fourth-order valence-electron chi connectivity index (χ4n) is 2.26. The monoisotopic (exact) mass is 167 g/mol. The van der Waals surface area contributed by atoms with Crippen LogP contribution in [0, 0.1) is 11.8 Å². The molecule has 12 heavy (non-hydrogen) atoms. The zero-order valence-corrected chi connectivity index (χ0v) is 8.13. The zero-order chi connectivity index (χ0) is 8.97. The Morgan fingerprint density at radius 2 is 2.33 bits per heavy atom. The van der Waals surface area contributed by atoms with Crippen LogP contribution in [-0.2, 0) is 0 Å². The van der Waals surface area contributed by atoms with Crippen LogP contribution in [0.5, 0.6) is 0 Å². The Hall–Kier alpha value is -0.300. The highest BCUT2D eigenvalue weighted by Crippen LogP contribution is 2.34. The fourth-order valence-corrected chi connectivity index (χ4v) is 2.26. The summed E-state index contributed by atoms with van der Waals surface area (Å²) in [5.41, 5.74) is 6.04. The Labute approximate surface area is 76.0 Å². The molecular formula is C11H21N. The lowest BCUT2D eigenvalue weighted by Gasteiger charge is -2.17. The van der Waals surface area contributed by atoms with Crippen molar-refractivity contribution in [2.24, 2.45) is 17.6 Å². The largest absolute Gasteiger partial charge is 0.327 e. The minimum absolute atomic E-state index is 0.374. The van der Waals surface area contributed by atoms with Gasteiger partial charge in [0.2, 0.25) is 0 Å². The molecular weight excluding hydrogens is 146 g/mol. The molecule has 0 amide bonds. The summed E-state index contributed by atoms with van der Waals surface area (Å²) in [6.45, 7) is 6.02. The molecule has 0 aromatic carbocycles. The van der Waals surface area contributed by atoms with Crippen LogP contribution in [0.2, 0.25) is 0 Å². The minimum Gasteiger partial charge on any atom is -0.327 e. The molecule has 1 saturated carbocycles. The van der Waals surface area contributed by atoms with E-state index in [4.69, 9.17) is 5.73 Å². The average Bonchev–Trinajstić information content (AvgIpc) is 2.52. The molecule has 0 bridgehead atoms. The molecule has 3 unspecified atom stereocenters. The highest BCUT2D eigenvalue weighted by molar-refractivity contribution is 4.86. The van der Waals surface area contributed by atoms with Gasteiger partial charge in [0.15, 0.2) is 0 Å². The van der Waals surface area contributed by atoms with Crippen molar-refractivity contribution in [3.63, 3.8) is 0 Å². The topological polar surface area (TPSA) is 26.0 Å². The molecule has 0 aromatic rings. The predicted octanol–water partition coefficient (Wildman–Crippen LogP) is 2.72. The van der Waals surface area contributed by atoms with E-state index in [1.807, 2.05) is 6.08 Å². The van der Waals surface area contributed by atoms with Gasteiger partial charge in [0.1, 0.15) is 0 Å². The van der Waals surface area contributed by atoms with Crippen LogP contribution in [0.4, 0.5) is 0 Å². The van der Waals surface area contributed by atoms with Gasteiger partial charge in [-0.15, -0.1) is 6.58 Å². The SMILES string of the molecule is C=CCC(N)C1CCC(CC)C1. The highest BCUT2D eigenvalue weighted by atomic mass is 14.7. The van der Waals surface area contributed by atoms with Crippen LogP contribution in [0.3, 0.4) is 0 Å². The Morgan fingerprint density at radius 3 is 2.83 bits per heavy atom. The summed E-state index contributed by atoms with van der Waals surface area (Å²) >= 11 is 0. The van der Waals surface area contributed by atoms with Gasteiger partial charge in [0.25, 0.3) is 0 Å². The Morgan fingerprint density at radius 1 is 1.58 bits per heavy atom. The van der Waals surface area contributed by atoms with E-state index in [1.54, 1.807) is 0 Å². The summed E-state index contributed by atoms with van der Waals surface area (Å²) in [7, 11) is 0. The van der Waals surface area contributed by atoms with Crippen molar-refractivity contribution in [1.82, 2.24) is 0 Å². The zero-order valence-electron chi connectivity index (χ0n) is 8.13. The van der Waals surface area contributed by atoms with Crippen LogP contribution in [0.1, 0.15) is 39.0 Å². The van der Waals surface area contributed by atoms with E-state index in [0.717, 1.165) is 18.3 Å². The van der Waals surface area contributed by atoms with Gasteiger partial charge >= 0.3 is 0 Å². The van der Waals surface area contributed by atoms with Gasteiger partial charge < -0.3 is 5.73 Å². The summed E-state index contributed by atoms with van der Waals surface area (Å²) < 4.78 is 0. The lowest BCUT2D eigenvalue weighted by Crippen LogP contribution is -2.27. The van der Waals surface area contributed by atoms with Gasteiger partial charge in [-0.05, 0) is 31.1 Å². The second-order valence-electron chi connectivity index (χ2n) is 4.04. The predicted molar refractivity (Wildman–Crippen MR) is 53.9 cm³/mol. The first-order valence-corrected chi connectivity index (χ1v) is 5.14. The van der Waals surface area contributed by atoms with Crippen LogP contribution in [-0.4, -0.2) is 6.04 Å². The maximum absolute atomic E-state index is 6.04. The Kier molecular flexibility index (Phi) is 3.80. The molecule has 1 aliphatic carbocycles. The Bertz CT molecular complexity index is 142. The van der Waals surface area contributed by atoms with Crippen molar-refractivity contribution in [3.05, 3.63) is 12.7 Å². The molecule has 0 saturated heterocycles. The molecule has 3 atom stereocenters. The fraction of sp³-hybridized carbons (Fsp3) is 0.818. The van der Waals surface area contributed by atoms with Gasteiger partial charge in [-0.3, -0.25) is 0 Å². The van der Waals surface area contributed by atoms with Crippen molar-refractivity contribution >= 4 is 0 Å². The van der Waals surface area contributed by atoms with Crippen molar-refractivity contribution in [1.29, 1.82) is 0 Å². The third-order valence-electron chi connectivity index (χ3n) is 3.20. The normalized spacial score (nSPS) is 31.8. The van der Waals surface area contributed by atoms with E-state index in [-0.39, 0.29) is 0 Å². The first kappa shape index (κ1) is 9.79. The third kappa shape index (κ3) is 2.34. The number of rotatable bonds is 4. The molecule has 0 heterocycles. The van der Waals surface area contributed by atoms with Crippen molar-refractivity contribution in [2.45, 2.75) is 45.1 Å². The van der Waals surface area contributed by atoms with E-state index in [2.05, 4.69) is 13.5 Å². The second-order valence-corrected chi connectivity index (χ2v) is 4.04. The molecule has 1 nitrogen and oxygen atoms in total.